The van der Waals surface area contributed by atoms with E-state index in [4.69, 9.17) is 0 Å². The second-order valence-electron chi connectivity index (χ2n) is 5.43. The quantitative estimate of drug-likeness (QED) is 0.736. The minimum atomic E-state index is 0.0424. The van der Waals surface area contributed by atoms with E-state index in [1.165, 1.54) is 0 Å². The Balaban J connectivity index is 2.63. The summed E-state index contributed by atoms with van der Waals surface area (Å²) in [6.07, 6.45) is 0.873. The highest BCUT2D eigenvalue weighted by Crippen LogP contribution is 2.20. The molecule has 1 rings (SSSR count). The smallest absolute Gasteiger partial charge is 0.154 e. The summed E-state index contributed by atoms with van der Waals surface area (Å²) in [7, 11) is 2.02. The Morgan fingerprint density at radius 1 is 1.22 bits per heavy atom. The van der Waals surface area contributed by atoms with Crippen LogP contribution in [-0.2, 0) is 4.79 Å². The Kier molecular flexibility index (Phi) is 6.06. The fourth-order valence-corrected chi connectivity index (χ4v) is 2.40. The number of ketones is 1. The number of Topliss-reactive ketones (excluding diaryl/α,β-unsaturated/α-hetero) is 1. The molecule has 0 spiro atoms. The van der Waals surface area contributed by atoms with Crippen LogP contribution in [0, 0.1) is 5.92 Å². The van der Waals surface area contributed by atoms with Gasteiger partial charge in [0.1, 0.15) is 0 Å². The molecule has 1 aromatic rings. The largest absolute Gasteiger partial charge is 0.299 e. The van der Waals surface area contributed by atoms with Crippen LogP contribution < -0.4 is 0 Å². The van der Waals surface area contributed by atoms with Crippen molar-refractivity contribution in [3.8, 4) is 0 Å². The molecule has 18 heavy (non-hydrogen) atoms. The van der Waals surface area contributed by atoms with Crippen LogP contribution in [0.15, 0.2) is 30.3 Å². The third kappa shape index (κ3) is 4.61. The first-order valence-electron chi connectivity index (χ1n) is 6.80. The lowest BCUT2D eigenvalue weighted by Gasteiger charge is -2.21. The molecular weight excluding hydrogens is 222 g/mol. The molecule has 2 nitrogen and oxygen atoms in total. The maximum atomic E-state index is 12.3. The second-order valence-corrected chi connectivity index (χ2v) is 5.43. The lowest BCUT2D eigenvalue weighted by Crippen LogP contribution is -2.32. The van der Waals surface area contributed by atoms with Crippen LogP contribution in [0.4, 0.5) is 0 Å². The molecule has 0 heterocycles. The van der Waals surface area contributed by atoms with E-state index in [0.717, 1.165) is 18.5 Å². The van der Waals surface area contributed by atoms with Gasteiger partial charge < -0.3 is 0 Å². The average Bonchev–Trinajstić information content (AvgIpc) is 2.29. The van der Waals surface area contributed by atoms with E-state index in [9.17, 15) is 4.79 Å². The highest BCUT2D eigenvalue weighted by Gasteiger charge is 2.19. The van der Waals surface area contributed by atoms with Crippen molar-refractivity contribution in [1.29, 1.82) is 0 Å². The van der Waals surface area contributed by atoms with Crippen molar-refractivity contribution >= 4 is 5.78 Å². The van der Waals surface area contributed by atoms with E-state index in [1.807, 2.05) is 25.2 Å². The van der Waals surface area contributed by atoms with Gasteiger partial charge in [0.25, 0.3) is 0 Å². The van der Waals surface area contributed by atoms with Gasteiger partial charge in [0.05, 0.1) is 6.54 Å². The molecule has 0 fully saturated rings. The molecule has 0 saturated carbocycles. The van der Waals surface area contributed by atoms with Gasteiger partial charge in [-0.2, -0.15) is 0 Å². The van der Waals surface area contributed by atoms with Crippen LogP contribution in [0.25, 0.3) is 0 Å². The van der Waals surface area contributed by atoms with Gasteiger partial charge in [-0.05, 0) is 24.9 Å². The molecule has 0 aliphatic rings. The molecule has 1 aromatic carbocycles. The monoisotopic (exact) mass is 247 g/mol. The normalized spacial score (nSPS) is 13.0. The van der Waals surface area contributed by atoms with Gasteiger partial charge in [-0.1, -0.05) is 51.1 Å². The molecule has 2 heteroatoms. The highest BCUT2D eigenvalue weighted by molar-refractivity contribution is 5.87. The minimum Gasteiger partial charge on any atom is -0.299 e. The Bertz CT molecular complexity index is 359. The number of carbonyl (C=O) groups excluding carboxylic acids is 1. The third-order valence-electron chi connectivity index (χ3n) is 3.10. The second kappa shape index (κ2) is 7.32. The van der Waals surface area contributed by atoms with Crippen molar-refractivity contribution in [2.24, 2.45) is 5.92 Å². The molecule has 0 bridgehead atoms. The molecule has 0 aliphatic carbocycles. The Morgan fingerprint density at radius 3 is 2.33 bits per heavy atom. The Morgan fingerprint density at radius 2 is 1.83 bits per heavy atom. The summed E-state index contributed by atoms with van der Waals surface area (Å²) in [6.45, 7) is 7.95. The summed E-state index contributed by atoms with van der Waals surface area (Å²) >= 11 is 0. The van der Waals surface area contributed by atoms with Gasteiger partial charge in [0, 0.05) is 12.5 Å². The number of benzene rings is 1. The molecule has 0 N–H and O–H groups in total. The maximum Gasteiger partial charge on any atom is 0.154 e. The van der Waals surface area contributed by atoms with Crippen molar-refractivity contribution in [1.82, 2.24) is 4.90 Å². The van der Waals surface area contributed by atoms with Crippen LogP contribution in [0.1, 0.15) is 38.7 Å². The molecule has 0 aromatic heterocycles. The molecule has 0 aliphatic heterocycles. The maximum absolute atomic E-state index is 12.3. The number of likely N-dealkylation sites (N-methyl/N-ethyl adjacent to an activating group) is 1. The lowest BCUT2D eigenvalue weighted by atomic mass is 9.92. The predicted molar refractivity (Wildman–Crippen MR) is 76.8 cm³/mol. The minimum absolute atomic E-state index is 0.0424. The number of hydrogen-bond acceptors (Lipinski definition) is 2. The summed E-state index contributed by atoms with van der Waals surface area (Å²) in [6, 6.07) is 10.1. The summed E-state index contributed by atoms with van der Waals surface area (Å²) in [5.74, 6) is 0.965. The summed E-state index contributed by atoms with van der Waals surface area (Å²) < 4.78 is 0. The molecule has 0 radical (unpaired) electrons. The number of carbonyl (C=O) groups is 1. The van der Waals surface area contributed by atoms with Gasteiger partial charge in [-0.3, -0.25) is 9.69 Å². The molecule has 1 unspecified atom stereocenters. The van der Waals surface area contributed by atoms with Gasteiger partial charge in [-0.15, -0.1) is 0 Å². The first-order valence-corrected chi connectivity index (χ1v) is 6.80. The summed E-state index contributed by atoms with van der Waals surface area (Å²) in [5.41, 5.74) is 1.14. The lowest BCUT2D eigenvalue weighted by molar-refractivity contribution is -0.121. The predicted octanol–water partition coefficient (Wildman–Crippen LogP) is 3.34. The van der Waals surface area contributed by atoms with Crippen molar-refractivity contribution in [3.05, 3.63) is 35.9 Å². The fourth-order valence-electron chi connectivity index (χ4n) is 2.40. The van der Waals surface area contributed by atoms with E-state index < -0.39 is 0 Å². The van der Waals surface area contributed by atoms with Gasteiger partial charge in [0.15, 0.2) is 5.78 Å². The third-order valence-corrected chi connectivity index (χ3v) is 3.10. The van der Waals surface area contributed by atoms with Crippen molar-refractivity contribution in [2.45, 2.75) is 33.1 Å². The van der Waals surface area contributed by atoms with E-state index in [1.54, 1.807) is 0 Å². The van der Waals surface area contributed by atoms with Crippen molar-refractivity contribution in [2.75, 3.05) is 20.1 Å². The summed E-state index contributed by atoms with van der Waals surface area (Å²) in [4.78, 5) is 14.4. The molecule has 100 valence electrons. The Labute approximate surface area is 111 Å². The molecule has 0 amide bonds. The SMILES string of the molecule is CCC(C(=O)CN(C)CC(C)C)c1ccccc1. The van der Waals surface area contributed by atoms with Crippen LogP contribution in [0.3, 0.4) is 0 Å². The first-order chi connectivity index (χ1) is 8.54. The number of hydrogen-bond donors (Lipinski definition) is 0. The zero-order valence-corrected chi connectivity index (χ0v) is 12.0. The van der Waals surface area contributed by atoms with Crippen LogP contribution >= 0.6 is 0 Å². The van der Waals surface area contributed by atoms with E-state index in [0.29, 0.717) is 18.2 Å². The first kappa shape index (κ1) is 14.9. The van der Waals surface area contributed by atoms with Crippen LogP contribution in [-0.4, -0.2) is 30.8 Å². The molecule has 1 atom stereocenters. The number of rotatable bonds is 7. The van der Waals surface area contributed by atoms with Crippen LogP contribution in [0.2, 0.25) is 0 Å². The topological polar surface area (TPSA) is 20.3 Å². The molecule has 0 saturated heterocycles. The van der Waals surface area contributed by atoms with Gasteiger partial charge in [-0.25, -0.2) is 0 Å². The van der Waals surface area contributed by atoms with E-state index in [2.05, 4.69) is 37.8 Å². The number of nitrogens with zero attached hydrogens (tertiary/aromatic N) is 1. The van der Waals surface area contributed by atoms with E-state index in [-0.39, 0.29) is 5.92 Å². The highest BCUT2D eigenvalue weighted by atomic mass is 16.1. The average molecular weight is 247 g/mol. The van der Waals surface area contributed by atoms with Gasteiger partial charge >= 0.3 is 0 Å². The van der Waals surface area contributed by atoms with Gasteiger partial charge in [0.2, 0.25) is 0 Å². The van der Waals surface area contributed by atoms with Crippen LogP contribution in [0.5, 0.6) is 0 Å². The van der Waals surface area contributed by atoms with Crippen molar-refractivity contribution in [3.63, 3.8) is 0 Å². The Hall–Kier alpha value is -1.15. The zero-order valence-electron chi connectivity index (χ0n) is 12.0. The fraction of sp³-hybridized carbons (Fsp3) is 0.562. The van der Waals surface area contributed by atoms with Crippen molar-refractivity contribution < 1.29 is 4.79 Å². The zero-order chi connectivity index (χ0) is 13.5. The molecular formula is C16H25NO. The summed E-state index contributed by atoms with van der Waals surface area (Å²) in [5, 5.41) is 0. The van der Waals surface area contributed by atoms with E-state index >= 15 is 0 Å². The standard InChI is InChI=1S/C16H25NO/c1-5-15(14-9-7-6-8-10-14)16(18)12-17(4)11-13(2)3/h6-10,13,15H,5,11-12H2,1-4H3.